The molecule has 34 heavy (non-hydrogen) atoms. The molecule has 10 heteroatoms. The van der Waals surface area contributed by atoms with Crippen molar-refractivity contribution in [2.45, 2.75) is 11.8 Å². The summed E-state index contributed by atoms with van der Waals surface area (Å²) in [5.41, 5.74) is 1.48. The highest BCUT2D eigenvalue weighted by molar-refractivity contribution is 7.98. The van der Waals surface area contributed by atoms with Gasteiger partial charge in [-0.05, 0) is 42.7 Å². The summed E-state index contributed by atoms with van der Waals surface area (Å²) in [6.07, 6.45) is 1.95. The Kier molecular flexibility index (Phi) is 9.54. The Hall–Kier alpha value is -3.30. The Labute approximate surface area is 208 Å². The highest BCUT2D eigenvalue weighted by atomic mass is 35.5. The molecule has 0 atom stereocenters. The highest BCUT2D eigenvalue weighted by Crippen LogP contribution is 2.22. The van der Waals surface area contributed by atoms with E-state index in [-0.39, 0.29) is 11.8 Å². The van der Waals surface area contributed by atoms with Crippen molar-refractivity contribution in [3.05, 3.63) is 65.2 Å². The van der Waals surface area contributed by atoms with Crippen LogP contribution >= 0.6 is 23.4 Å². The molecule has 0 bridgehead atoms. The number of anilines is 2. The number of rotatable bonds is 11. The maximum absolute atomic E-state index is 12.5. The molecule has 0 radical (unpaired) electrons. The van der Waals surface area contributed by atoms with Crippen LogP contribution in [-0.2, 0) is 4.79 Å². The van der Waals surface area contributed by atoms with Gasteiger partial charge in [-0.15, -0.1) is 11.8 Å². The first-order valence-corrected chi connectivity index (χ1v) is 12.3. The van der Waals surface area contributed by atoms with Gasteiger partial charge < -0.3 is 21.3 Å². The van der Waals surface area contributed by atoms with Gasteiger partial charge in [0.1, 0.15) is 11.6 Å². The van der Waals surface area contributed by atoms with Gasteiger partial charge in [-0.3, -0.25) is 9.59 Å². The molecule has 0 aliphatic rings. The fourth-order valence-corrected chi connectivity index (χ4v) is 3.80. The van der Waals surface area contributed by atoms with Crippen LogP contribution in [0.4, 0.5) is 11.6 Å². The molecule has 0 aliphatic carbocycles. The van der Waals surface area contributed by atoms with Crippen LogP contribution in [0.1, 0.15) is 17.3 Å². The first-order valence-electron chi connectivity index (χ1n) is 10.7. The number of aromatic nitrogens is 2. The van der Waals surface area contributed by atoms with Crippen LogP contribution in [-0.4, -0.2) is 54.2 Å². The molecule has 3 aromatic rings. The summed E-state index contributed by atoms with van der Waals surface area (Å²) in [4.78, 5) is 33.7. The molecule has 0 saturated carbocycles. The Morgan fingerprint density at radius 2 is 1.50 bits per heavy atom. The van der Waals surface area contributed by atoms with E-state index in [1.807, 2.05) is 42.7 Å². The van der Waals surface area contributed by atoms with Crippen molar-refractivity contribution in [1.29, 1.82) is 0 Å². The van der Waals surface area contributed by atoms with Crippen LogP contribution < -0.4 is 21.3 Å². The lowest BCUT2D eigenvalue weighted by atomic mass is 10.2. The fraction of sp³-hybridized carbons (Fsp3) is 0.250. The van der Waals surface area contributed by atoms with Crippen molar-refractivity contribution in [1.82, 2.24) is 20.6 Å². The van der Waals surface area contributed by atoms with Crippen LogP contribution in [0.3, 0.4) is 0 Å². The van der Waals surface area contributed by atoms with Crippen molar-refractivity contribution in [2.24, 2.45) is 0 Å². The molecular formula is C24H27ClN6O2S. The third kappa shape index (κ3) is 7.64. The number of amides is 2. The predicted octanol–water partition coefficient (Wildman–Crippen LogP) is 3.91. The van der Waals surface area contributed by atoms with Gasteiger partial charge in [0, 0.05) is 54.7 Å². The minimum absolute atomic E-state index is 0.0871. The lowest BCUT2D eigenvalue weighted by Gasteiger charge is -2.13. The minimum atomic E-state index is -0.114. The third-order valence-electron chi connectivity index (χ3n) is 4.70. The standard InChI is InChI=1S/C24H27ClN6O2S/c1-16(32)26-11-12-27-21-15-22(31-23(30-21)17-7-9-18(25)10-8-17)28-13-14-29-24(33)19-5-3-4-6-20(19)34-2/h3-10,15H,11-14H2,1-2H3,(H,26,32)(H,29,33)(H2,27,28,30,31). The predicted molar refractivity (Wildman–Crippen MR) is 139 cm³/mol. The molecule has 8 nitrogen and oxygen atoms in total. The molecule has 1 aromatic heterocycles. The SMILES string of the molecule is CSc1ccccc1C(=O)NCCNc1cc(NCCNC(C)=O)nc(-c2ccc(Cl)cc2)n1. The number of carbonyl (C=O) groups excluding carboxylic acids is 2. The molecule has 0 aliphatic heterocycles. The molecule has 4 N–H and O–H groups in total. The average Bonchev–Trinajstić information content (AvgIpc) is 2.84. The first-order chi connectivity index (χ1) is 16.5. The van der Waals surface area contributed by atoms with Gasteiger partial charge in [-0.25, -0.2) is 9.97 Å². The minimum Gasteiger partial charge on any atom is -0.368 e. The molecule has 2 aromatic carbocycles. The van der Waals surface area contributed by atoms with E-state index in [1.54, 1.807) is 18.2 Å². The number of nitrogens with zero attached hydrogens (tertiary/aromatic N) is 2. The molecular weight excluding hydrogens is 472 g/mol. The van der Waals surface area contributed by atoms with E-state index >= 15 is 0 Å². The number of nitrogens with one attached hydrogen (secondary N) is 4. The van der Waals surface area contributed by atoms with Gasteiger partial charge >= 0.3 is 0 Å². The van der Waals surface area contributed by atoms with Crippen LogP contribution in [0, 0.1) is 0 Å². The Bertz CT molecular complexity index is 1130. The average molecular weight is 499 g/mol. The van der Waals surface area contributed by atoms with Crippen molar-refractivity contribution >= 4 is 46.8 Å². The number of halogens is 1. The van der Waals surface area contributed by atoms with E-state index in [2.05, 4.69) is 31.2 Å². The second-order valence-electron chi connectivity index (χ2n) is 7.26. The summed E-state index contributed by atoms with van der Waals surface area (Å²) >= 11 is 7.55. The van der Waals surface area contributed by atoms with Crippen LogP contribution in [0.2, 0.25) is 5.02 Å². The normalized spacial score (nSPS) is 10.4. The molecule has 2 amide bonds. The van der Waals surface area contributed by atoms with Crippen molar-refractivity contribution in [3.8, 4) is 11.4 Å². The van der Waals surface area contributed by atoms with Gasteiger partial charge in [0.15, 0.2) is 5.82 Å². The zero-order valence-corrected chi connectivity index (χ0v) is 20.6. The molecule has 0 unspecified atom stereocenters. The lowest BCUT2D eigenvalue weighted by Crippen LogP contribution is -2.29. The zero-order chi connectivity index (χ0) is 24.3. The van der Waals surface area contributed by atoms with Gasteiger partial charge in [0.25, 0.3) is 5.91 Å². The quantitative estimate of drug-likeness (QED) is 0.234. The van der Waals surface area contributed by atoms with E-state index < -0.39 is 0 Å². The molecule has 1 heterocycles. The first kappa shape index (κ1) is 25.3. The van der Waals surface area contributed by atoms with Crippen LogP contribution in [0.25, 0.3) is 11.4 Å². The summed E-state index contributed by atoms with van der Waals surface area (Å²) in [5, 5.41) is 12.7. The summed E-state index contributed by atoms with van der Waals surface area (Å²) in [6, 6.07) is 16.6. The number of hydrogen-bond donors (Lipinski definition) is 4. The van der Waals surface area contributed by atoms with E-state index in [1.165, 1.54) is 18.7 Å². The molecule has 178 valence electrons. The maximum atomic E-state index is 12.5. The number of carbonyl (C=O) groups is 2. The summed E-state index contributed by atoms with van der Waals surface area (Å²) in [7, 11) is 0. The van der Waals surface area contributed by atoms with Gasteiger partial charge in [-0.2, -0.15) is 0 Å². The smallest absolute Gasteiger partial charge is 0.252 e. The molecule has 0 spiro atoms. The van der Waals surface area contributed by atoms with E-state index in [9.17, 15) is 9.59 Å². The largest absolute Gasteiger partial charge is 0.368 e. The second-order valence-corrected chi connectivity index (χ2v) is 8.55. The lowest BCUT2D eigenvalue weighted by molar-refractivity contribution is -0.118. The molecule has 0 saturated heterocycles. The van der Waals surface area contributed by atoms with E-state index in [4.69, 9.17) is 11.6 Å². The fourth-order valence-electron chi connectivity index (χ4n) is 3.08. The van der Waals surface area contributed by atoms with Crippen molar-refractivity contribution in [2.75, 3.05) is 43.1 Å². The second kappa shape index (κ2) is 12.8. The Balaban J connectivity index is 1.65. The summed E-state index contributed by atoms with van der Waals surface area (Å²) in [6.45, 7) is 3.37. The van der Waals surface area contributed by atoms with Crippen molar-refractivity contribution in [3.63, 3.8) is 0 Å². The number of thioether (sulfide) groups is 1. The zero-order valence-electron chi connectivity index (χ0n) is 19.0. The van der Waals surface area contributed by atoms with Gasteiger partial charge in [0.05, 0.1) is 5.56 Å². The number of hydrogen-bond acceptors (Lipinski definition) is 7. The van der Waals surface area contributed by atoms with Gasteiger partial charge in [-0.1, -0.05) is 23.7 Å². The van der Waals surface area contributed by atoms with Crippen LogP contribution in [0.5, 0.6) is 0 Å². The Morgan fingerprint density at radius 1 is 0.882 bits per heavy atom. The van der Waals surface area contributed by atoms with E-state index in [0.29, 0.717) is 54.2 Å². The summed E-state index contributed by atoms with van der Waals surface area (Å²) in [5.74, 6) is 1.56. The van der Waals surface area contributed by atoms with E-state index in [0.717, 1.165) is 10.5 Å². The van der Waals surface area contributed by atoms with Crippen LogP contribution in [0.15, 0.2) is 59.5 Å². The maximum Gasteiger partial charge on any atom is 0.252 e. The summed E-state index contributed by atoms with van der Waals surface area (Å²) < 4.78 is 0. The topological polar surface area (TPSA) is 108 Å². The van der Waals surface area contributed by atoms with Crippen molar-refractivity contribution < 1.29 is 9.59 Å². The third-order valence-corrected chi connectivity index (χ3v) is 5.75. The number of benzene rings is 2. The molecule has 0 fully saturated rings. The monoisotopic (exact) mass is 498 g/mol. The Morgan fingerprint density at radius 3 is 2.12 bits per heavy atom. The highest BCUT2D eigenvalue weighted by Gasteiger charge is 2.10. The van der Waals surface area contributed by atoms with Gasteiger partial charge in [0.2, 0.25) is 5.91 Å². The molecule has 3 rings (SSSR count).